The van der Waals surface area contributed by atoms with Crippen LogP contribution in [0.25, 0.3) is 0 Å². The van der Waals surface area contributed by atoms with E-state index in [2.05, 4.69) is 10.9 Å². The van der Waals surface area contributed by atoms with Gasteiger partial charge < -0.3 is 5.73 Å². The van der Waals surface area contributed by atoms with Gasteiger partial charge in [0.1, 0.15) is 5.69 Å². The van der Waals surface area contributed by atoms with Crippen molar-refractivity contribution in [2.24, 2.45) is 5.84 Å². The third-order valence-electron chi connectivity index (χ3n) is 4.12. The molecule has 0 saturated heterocycles. The average molecular weight is 505 g/mol. The lowest BCUT2D eigenvalue weighted by atomic mass is 10.1. The molecule has 0 aromatic heterocycles. The van der Waals surface area contributed by atoms with Gasteiger partial charge in [-0.05, 0) is 60.7 Å². The number of hydrazine groups is 2. The molecule has 3 aromatic carbocycles. The molecule has 0 unspecified atom stereocenters. The molecule has 0 bridgehead atoms. The molecule has 0 spiro atoms. The Kier molecular flexibility index (Phi) is 9.32. The Morgan fingerprint density at radius 1 is 0.735 bits per heavy atom. The summed E-state index contributed by atoms with van der Waals surface area (Å²) in [6.07, 6.45) is 0. The van der Waals surface area contributed by atoms with Gasteiger partial charge in [0, 0.05) is 32.8 Å². The van der Waals surface area contributed by atoms with Crippen LogP contribution in [0, 0.1) is 10.1 Å². The molecule has 0 atom stereocenters. The van der Waals surface area contributed by atoms with Gasteiger partial charge in [-0.15, -0.1) is 0 Å². The zero-order valence-electron chi connectivity index (χ0n) is 17.2. The number of nitro groups is 1. The normalized spacial score (nSPS) is 9.74. The van der Waals surface area contributed by atoms with E-state index < -0.39 is 16.7 Å². The number of nitrogens with two attached hydrogens (primary N) is 2. The van der Waals surface area contributed by atoms with Crippen molar-refractivity contribution in [2.45, 2.75) is 0 Å². The van der Waals surface area contributed by atoms with Crippen LogP contribution in [0.15, 0.2) is 66.7 Å². The second-order valence-electron chi connectivity index (χ2n) is 6.43. The highest BCUT2D eigenvalue weighted by Gasteiger charge is 2.16. The van der Waals surface area contributed by atoms with E-state index in [1.54, 1.807) is 24.3 Å². The fourth-order valence-corrected chi connectivity index (χ4v) is 2.64. The minimum atomic E-state index is -0.713. The van der Waals surface area contributed by atoms with Crippen LogP contribution in [-0.4, -0.2) is 22.6 Å². The molecule has 7 N–H and O–H groups in total. The van der Waals surface area contributed by atoms with Gasteiger partial charge >= 0.3 is 0 Å². The standard InChI is InChI=1S/C14H11ClN4O4.C7H7ClN2O/c15-10-4-1-8(2-5-10)13(20)17-18-14(21)9-3-6-11(16)12(7-9)19(22)23;8-6-3-1-5(2-4-6)7(11)10-9/h1-7H,16H2,(H,17,20)(H,18,21);1-4H,9H2,(H,10,11). The number of hydrogen-bond donors (Lipinski definition) is 5. The van der Waals surface area contributed by atoms with Gasteiger partial charge in [-0.1, -0.05) is 23.2 Å². The fraction of sp³-hybridized carbons (Fsp3) is 0. The van der Waals surface area contributed by atoms with E-state index >= 15 is 0 Å². The van der Waals surface area contributed by atoms with E-state index in [1.165, 1.54) is 36.4 Å². The summed E-state index contributed by atoms with van der Waals surface area (Å²) < 4.78 is 0. The van der Waals surface area contributed by atoms with Crippen molar-refractivity contribution >= 4 is 52.3 Å². The molecule has 3 aromatic rings. The Balaban J connectivity index is 0.000000310. The molecule has 0 aliphatic carbocycles. The van der Waals surface area contributed by atoms with E-state index in [-0.39, 0.29) is 28.4 Å². The van der Waals surface area contributed by atoms with Crippen LogP contribution in [0.1, 0.15) is 31.1 Å². The number of nitrogen functional groups attached to an aromatic ring is 2. The van der Waals surface area contributed by atoms with Gasteiger partial charge in [0.05, 0.1) is 4.92 Å². The largest absolute Gasteiger partial charge is 0.393 e. The summed E-state index contributed by atoms with van der Waals surface area (Å²) in [5.74, 6) is 3.32. The van der Waals surface area contributed by atoms with Crippen LogP contribution < -0.4 is 27.9 Å². The lowest BCUT2D eigenvalue weighted by molar-refractivity contribution is -0.383. The molecule has 13 heteroatoms. The van der Waals surface area contributed by atoms with Gasteiger partial charge in [-0.3, -0.25) is 40.8 Å². The number of nitro benzene ring substituents is 1. The van der Waals surface area contributed by atoms with Crippen molar-refractivity contribution in [2.75, 3.05) is 5.73 Å². The number of amides is 3. The van der Waals surface area contributed by atoms with Crippen molar-refractivity contribution in [3.63, 3.8) is 0 Å². The number of halogens is 2. The highest BCUT2D eigenvalue weighted by Crippen LogP contribution is 2.22. The Hall–Kier alpha value is -4.19. The van der Waals surface area contributed by atoms with Gasteiger partial charge in [0.15, 0.2) is 0 Å². The highest BCUT2D eigenvalue weighted by molar-refractivity contribution is 6.31. The summed E-state index contributed by atoms with van der Waals surface area (Å²) in [4.78, 5) is 44.7. The smallest absolute Gasteiger partial charge is 0.292 e. The van der Waals surface area contributed by atoms with E-state index in [1.807, 2.05) is 5.43 Å². The molecule has 0 fully saturated rings. The maximum Gasteiger partial charge on any atom is 0.292 e. The number of anilines is 1. The van der Waals surface area contributed by atoms with Crippen LogP contribution in [0.3, 0.4) is 0 Å². The van der Waals surface area contributed by atoms with Crippen LogP contribution in [-0.2, 0) is 0 Å². The van der Waals surface area contributed by atoms with Crippen LogP contribution in [0.2, 0.25) is 10.0 Å². The van der Waals surface area contributed by atoms with Crippen LogP contribution in [0.4, 0.5) is 11.4 Å². The predicted octanol–water partition coefficient (Wildman–Crippen LogP) is 2.85. The summed E-state index contributed by atoms with van der Waals surface area (Å²) in [7, 11) is 0. The van der Waals surface area contributed by atoms with Crippen LogP contribution in [0.5, 0.6) is 0 Å². The second kappa shape index (κ2) is 12.2. The molecule has 176 valence electrons. The third-order valence-corrected chi connectivity index (χ3v) is 4.63. The summed E-state index contributed by atoms with van der Waals surface area (Å²) in [6.45, 7) is 0. The zero-order valence-corrected chi connectivity index (χ0v) is 18.8. The van der Waals surface area contributed by atoms with E-state index in [4.69, 9.17) is 34.8 Å². The van der Waals surface area contributed by atoms with Gasteiger partial charge in [-0.2, -0.15) is 0 Å². The van der Waals surface area contributed by atoms with Crippen molar-refractivity contribution in [3.05, 3.63) is 104 Å². The topological polar surface area (TPSA) is 182 Å². The van der Waals surface area contributed by atoms with Gasteiger partial charge in [-0.25, -0.2) is 5.84 Å². The molecule has 0 heterocycles. The second-order valence-corrected chi connectivity index (χ2v) is 7.30. The number of carbonyl (C=O) groups excluding carboxylic acids is 3. The Labute approximate surface area is 203 Å². The molecule has 34 heavy (non-hydrogen) atoms. The van der Waals surface area contributed by atoms with Crippen molar-refractivity contribution in [1.82, 2.24) is 16.3 Å². The fourth-order valence-electron chi connectivity index (χ4n) is 2.39. The maximum absolute atomic E-state index is 11.9. The monoisotopic (exact) mass is 504 g/mol. The van der Waals surface area contributed by atoms with E-state index in [9.17, 15) is 24.5 Å². The molecule has 0 saturated carbocycles. The first-order valence-corrected chi connectivity index (χ1v) is 10.0. The Morgan fingerprint density at radius 3 is 1.59 bits per heavy atom. The lowest BCUT2D eigenvalue weighted by Crippen LogP contribution is -2.41. The number of hydrogen-bond acceptors (Lipinski definition) is 7. The first-order chi connectivity index (χ1) is 16.1. The number of carbonyl (C=O) groups is 3. The molecular formula is C21H18Cl2N6O5. The molecule has 0 aliphatic heterocycles. The minimum absolute atomic E-state index is 0.0118. The van der Waals surface area contributed by atoms with Gasteiger partial charge in [0.2, 0.25) is 0 Å². The summed E-state index contributed by atoms with van der Waals surface area (Å²) in [5.41, 5.74) is 12.2. The molecule has 3 rings (SSSR count). The first kappa shape index (κ1) is 26.1. The van der Waals surface area contributed by atoms with Crippen LogP contribution >= 0.6 is 23.2 Å². The molecule has 3 amide bonds. The molecule has 0 radical (unpaired) electrons. The average Bonchev–Trinajstić information content (AvgIpc) is 2.83. The number of rotatable bonds is 4. The number of nitrogens with zero attached hydrogens (tertiary/aromatic N) is 1. The summed E-state index contributed by atoms with van der Waals surface area (Å²) in [5, 5.41) is 11.9. The maximum atomic E-state index is 11.9. The van der Waals surface area contributed by atoms with Crippen molar-refractivity contribution < 1.29 is 19.3 Å². The SMILES string of the molecule is NNC(=O)c1ccc(Cl)cc1.Nc1ccc(C(=O)NNC(=O)c2ccc(Cl)cc2)cc1[N+](=O)[O-]. The zero-order chi connectivity index (χ0) is 25.3. The Morgan fingerprint density at radius 2 is 1.15 bits per heavy atom. The predicted molar refractivity (Wildman–Crippen MR) is 127 cm³/mol. The lowest BCUT2D eigenvalue weighted by Gasteiger charge is -2.08. The summed E-state index contributed by atoms with van der Waals surface area (Å²) >= 11 is 11.3. The summed E-state index contributed by atoms with van der Waals surface area (Å²) in [6, 6.07) is 16.1. The third kappa shape index (κ3) is 7.45. The first-order valence-electron chi connectivity index (χ1n) is 9.29. The minimum Gasteiger partial charge on any atom is -0.393 e. The number of benzene rings is 3. The van der Waals surface area contributed by atoms with E-state index in [0.29, 0.717) is 15.6 Å². The Bertz CT molecular complexity index is 1200. The van der Waals surface area contributed by atoms with Crippen molar-refractivity contribution in [3.8, 4) is 0 Å². The highest BCUT2D eigenvalue weighted by atomic mass is 35.5. The molecule has 11 nitrogen and oxygen atoms in total. The van der Waals surface area contributed by atoms with E-state index in [0.717, 1.165) is 6.07 Å². The number of nitrogens with one attached hydrogen (secondary N) is 3. The van der Waals surface area contributed by atoms with Gasteiger partial charge in [0.25, 0.3) is 23.4 Å². The quantitative estimate of drug-likeness (QED) is 0.119. The van der Waals surface area contributed by atoms with Crippen molar-refractivity contribution in [1.29, 1.82) is 0 Å². The molecule has 0 aliphatic rings. The molecular weight excluding hydrogens is 487 g/mol.